The van der Waals surface area contributed by atoms with E-state index in [0.717, 1.165) is 24.5 Å². The Balaban J connectivity index is 2.27. The number of nitrogen functional groups attached to an aromatic ring is 1. The monoisotopic (exact) mass is 216 g/mol. The van der Waals surface area contributed by atoms with Crippen LogP contribution in [-0.4, -0.2) is 14.5 Å². The lowest BCUT2D eigenvalue weighted by molar-refractivity contribution is 0.711. The molecule has 0 fully saturated rings. The minimum atomic E-state index is 0.570. The van der Waals surface area contributed by atoms with Crippen molar-refractivity contribution in [3.8, 4) is 0 Å². The highest BCUT2D eigenvalue weighted by molar-refractivity contribution is 5.34. The summed E-state index contributed by atoms with van der Waals surface area (Å²) in [5.74, 6) is 1.64. The molecular formula is C12H16N4. The van der Waals surface area contributed by atoms with Crippen LogP contribution in [0.3, 0.4) is 0 Å². The molecule has 0 saturated heterocycles. The molecule has 0 aliphatic rings. The smallest absolute Gasteiger partial charge is 0.123 e. The van der Waals surface area contributed by atoms with Gasteiger partial charge >= 0.3 is 0 Å². The van der Waals surface area contributed by atoms with Gasteiger partial charge in [0.1, 0.15) is 11.6 Å². The quantitative estimate of drug-likeness (QED) is 0.850. The van der Waals surface area contributed by atoms with Crippen molar-refractivity contribution >= 4 is 5.82 Å². The summed E-state index contributed by atoms with van der Waals surface area (Å²) in [6.45, 7) is 5.03. The number of anilines is 1. The number of aromatic nitrogens is 3. The molecule has 2 N–H and O–H groups in total. The van der Waals surface area contributed by atoms with E-state index in [1.54, 1.807) is 0 Å². The van der Waals surface area contributed by atoms with Crippen LogP contribution in [0.1, 0.15) is 24.0 Å². The van der Waals surface area contributed by atoms with Crippen molar-refractivity contribution in [2.24, 2.45) is 0 Å². The van der Waals surface area contributed by atoms with E-state index in [-0.39, 0.29) is 0 Å². The zero-order chi connectivity index (χ0) is 11.5. The van der Waals surface area contributed by atoms with E-state index in [4.69, 9.17) is 5.73 Å². The zero-order valence-electron chi connectivity index (χ0n) is 9.64. The number of hydrogen-bond acceptors (Lipinski definition) is 3. The predicted molar refractivity (Wildman–Crippen MR) is 64.1 cm³/mol. The van der Waals surface area contributed by atoms with E-state index in [1.165, 1.54) is 5.56 Å². The summed E-state index contributed by atoms with van der Waals surface area (Å²) >= 11 is 0. The van der Waals surface area contributed by atoms with Crippen LogP contribution in [0.25, 0.3) is 0 Å². The molecule has 0 spiro atoms. The number of imidazole rings is 1. The van der Waals surface area contributed by atoms with Gasteiger partial charge in [0, 0.05) is 31.1 Å². The zero-order valence-corrected chi connectivity index (χ0v) is 9.64. The molecule has 0 saturated carbocycles. The molecule has 4 heteroatoms. The fourth-order valence-electron chi connectivity index (χ4n) is 1.76. The molecule has 0 aromatic carbocycles. The van der Waals surface area contributed by atoms with Crippen LogP contribution >= 0.6 is 0 Å². The fraction of sp³-hybridized carbons (Fsp3) is 0.333. The van der Waals surface area contributed by atoms with Crippen molar-refractivity contribution in [3.63, 3.8) is 0 Å². The number of hydrogen-bond donors (Lipinski definition) is 1. The Morgan fingerprint density at radius 2 is 2.19 bits per heavy atom. The molecule has 0 atom stereocenters. The van der Waals surface area contributed by atoms with Crippen LogP contribution in [0, 0.1) is 6.92 Å². The highest BCUT2D eigenvalue weighted by atomic mass is 15.0. The van der Waals surface area contributed by atoms with Crippen LogP contribution in [0.5, 0.6) is 0 Å². The maximum Gasteiger partial charge on any atom is 0.123 e. The summed E-state index contributed by atoms with van der Waals surface area (Å²) in [6, 6.07) is 3.86. The van der Waals surface area contributed by atoms with Gasteiger partial charge in [0.05, 0.1) is 0 Å². The van der Waals surface area contributed by atoms with Crippen molar-refractivity contribution in [2.45, 2.75) is 26.8 Å². The van der Waals surface area contributed by atoms with Gasteiger partial charge in [-0.3, -0.25) is 0 Å². The van der Waals surface area contributed by atoms with Crippen molar-refractivity contribution in [1.29, 1.82) is 0 Å². The van der Waals surface area contributed by atoms with Gasteiger partial charge < -0.3 is 10.3 Å². The van der Waals surface area contributed by atoms with Crippen LogP contribution in [0.15, 0.2) is 24.5 Å². The van der Waals surface area contributed by atoms with Gasteiger partial charge in [-0.15, -0.1) is 0 Å². The summed E-state index contributed by atoms with van der Waals surface area (Å²) < 4.78 is 2.13. The average molecular weight is 216 g/mol. The summed E-state index contributed by atoms with van der Waals surface area (Å²) in [4.78, 5) is 8.60. The van der Waals surface area contributed by atoms with Gasteiger partial charge in [0.15, 0.2) is 0 Å². The third kappa shape index (κ3) is 2.05. The Morgan fingerprint density at radius 1 is 1.38 bits per heavy atom. The Bertz CT molecular complexity index is 488. The molecule has 0 amide bonds. The van der Waals surface area contributed by atoms with Crippen LogP contribution in [0.4, 0.5) is 5.82 Å². The van der Waals surface area contributed by atoms with E-state index in [1.807, 2.05) is 31.5 Å². The van der Waals surface area contributed by atoms with Crippen LogP contribution < -0.4 is 5.73 Å². The van der Waals surface area contributed by atoms with E-state index in [2.05, 4.69) is 21.5 Å². The maximum absolute atomic E-state index is 5.63. The van der Waals surface area contributed by atoms with E-state index < -0.39 is 0 Å². The molecule has 0 bridgehead atoms. The lowest BCUT2D eigenvalue weighted by Gasteiger charge is -2.07. The lowest BCUT2D eigenvalue weighted by atomic mass is 10.1. The van der Waals surface area contributed by atoms with Crippen molar-refractivity contribution in [1.82, 2.24) is 14.5 Å². The molecule has 84 valence electrons. The number of pyridine rings is 1. The number of rotatable bonds is 3. The molecule has 0 unspecified atom stereocenters. The fourth-order valence-corrected chi connectivity index (χ4v) is 1.76. The van der Waals surface area contributed by atoms with Gasteiger partial charge in [-0.05, 0) is 25.5 Å². The molecule has 2 aromatic heterocycles. The van der Waals surface area contributed by atoms with Crippen molar-refractivity contribution in [3.05, 3.63) is 41.6 Å². The normalized spacial score (nSPS) is 10.6. The van der Waals surface area contributed by atoms with Gasteiger partial charge in [-0.1, -0.05) is 6.07 Å². The Labute approximate surface area is 95.1 Å². The number of nitrogens with zero attached hydrogens (tertiary/aromatic N) is 3. The maximum atomic E-state index is 5.63. The molecule has 2 rings (SSSR count). The predicted octanol–water partition coefficient (Wildman–Crippen LogP) is 1.78. The summed E-state index contributed by atoms with van der Waals surface area (Å²) in [5.41, 5.74) is 7.78. The Hall–Kier alpha value is -1.84. The third-order valence-corrected chi connectivity index (χ3v) is 2.71. The average Bonchev–Trinajstić information content (AvgIpc) is 2.69. The third-order valence-electron chi connectivity index (χ3n) is 2.71. The van der Waals surface area contributed by atoms with E-state index in [9.17, 15) is 0 Å². The van der Waals surface area contributed by atoms with E-state index >= 15 is 0 Å². The molecule has 0 aliphatic carbocycles. The Kier molecular flexibility index (Phi) is 2.90. The molecule has 16 heavy (non-hydrogen) atoms. The first-order valence-electron chi connectivity index (χ1n) is 5.42. The molecule has 4 nitrogen and oxygen atoms in total. The van der Waals surface area contributed by atoms with Gasteiger partial charge in [-0.2, -0.15) is 0 Å². The molecule has 0 radical (unpaired) electrons. The standard InChI is InChI=1S/C12H16N4/c1-3-16-7-6-14-12(16)8-10-4-5-11(13)15-9(10)2/h4-7H,3,8H2,1-2H3,(H2,13,15). The van der Waals surface area contributed by atoms with Crippen molar-refractivity contribution < 1.29 is 0 Å². The second-order valence-corrected chi connectivity index (χ2v) is 3.79. The highest BCUT2D eigenvalue weighted by Crippen LogP contribution is 2.12. The van der Waals surface area contributed by atoms with Gasteiger partial charge in [0.2, 0.25) is 0 Å². The number of nitrogens with two attached hydrogens (primary N) is 1. The minimum absolute atomic E-state index is 0.570. The SMILES string of the molecule is CCn1ccnc1Cc1ccc(N)nc1C. The van der Waals surface area contributed by atoms with E-state index in [0.29, 0.717) is 5.82 Å². The van der Waals surface area contributed by atoms with Crippen LogP contribution in [-0.2, 0) is 13.0 Å². The summed E-state index contributed by atoms with van der Waals surface area (Å²) in [7, 11) is 0. The molecule has 0 aliphatic heterocycles. The number of aryl methyl sites for hydroxylation is 2. The van der Waals surface area contributed by atoms with Crippen molar-refractivity contribution in [2.75, 3.05) is 5.73 Å². The first kappa shape index (κ1) is 10.7. The minimum Gasteiger partial charge on any atom is -0.384 e. The lowest BCUT2D eigenvalue weighted by Crippen LogP contribution is -2.04. The highest BCUT2D eigenvalue weighted by Gasteiger charge is 2.06. The van der Waals surface area contributed by atoms with Gasteiger partial charge in [0.25, 0.3) is 0 Å². The van der Waals surface area contributed by atoms with Crippen LogP contribution in [0.2, 0.25) is 0 Å². The molecule has 2 heterocycles. The molecule has 2 aromatic rings. The second-order valence-electron chi connectivity index (χ2n) is 3.79. The summed E-state index contributed by atoms with van der Waals surface area (Å²) in [5, 5.41) is 0. The first-order chi connectivity index (χ1) is 7.70. The van der Waals surface area contributed by atoms with Gasteiger partial charge in [-0.25, -0.2) is 9.97 Å². The Morgan fingerprint density at radius 3 is 2.88 bits per heavy atom. The largest absolute Gasteiger partial charge is 0.384 e. The first-order valence-corrected chi connectivity index (χ1v) is 5.42. The topological polar surface area (TPSA) is 56.7 Å². The molecular weight excluding hydrogens is 200 g/mol. The second kappa shape index (κ2) is 4.35. The summed E-state index contributed by atoms with van der Waals surface area (Å²) in [6.07, 6.45) is 4.63.